The third-order valence-corrected chi connectivity index (χ3v) is 7.09. The average Bonchev–Trinajstić information content (AvgIpc) is 3.33. The van der Waals surface area contributed by atoms with Crippen molar-refractivity contribution in [2.45, 2.75) is 51.5 Å². The van der Waals surface area contributed by atoms with Crippen molar-refractivity contribution in [3.05, 3.63) is 87.8 Å². The summed E-state index contributed by atoms with van der Waals surface area (Å²) in [6.07, 6.45) is 7.49. The molecule has 3 heterocycles. The maximum Gasteiger partial charge on any atom is 0.261 e. The molecule has 4 aromatic rings. The van der Waals surface area contributed by atoms with E-state index >= 15 is 0 Å². The summed E-state index contributed by atoms with van der Waals surface area (Å²) in [5.74, 6) is 2.17. The fourth-order valence-corrected chi connectivity index (χ4v) is 5.15. The van der Waals surface area contributed by atoms with E-state index < -0.39 is 0 Å². The van der Waals surface area contributed by atoms with Gasteiger partial charge in [0.25, 0.3) is 5.56 Å². The molecule has 0 N–H and O–H groups in total. The molecule has 0 radical (unpaired) electrons. The molecule has 0 bridgehead atoms. The number of unbranched alkanes of at least 4 members (excludes halogenated alkanes) is 2. The summed E-state index contributed by atoms with van der Waals surface area (Å²) in [6.45, 7) is 4.93. The molecule has 6 heteroatoms. The standard InChI is InChI=1S/C28H31ClN4O/c1-2-3-7-17-32-26(31-16-8-11-23(19-31)21-9-5-4-6-10-21)18-27(34)33-20-25(30-28(32)33)22-12-14-24(29)15-13-22/h4-6,9-10,12-15,18,20,23H,2-3,7-8,11,16-17,19H2,1H3/t23-/m1/s1. The molecule has 5 nitrogen and oxygen atoms in total. The molecule has 0 aliphatic carbocycles. The Kier molecular flexibility index (Phi) is 6.73. The first-order chi connectivity index (χ1) is 16.6. The average molecular weight is 475 g/mol. The van der Waals surface area contributed by atoms with Gasteiger partial charge < -0.3 is 4.90 Å². The molecule has 0 saturated carbocycles. The molecule has 176 valence electrons. The van der Waals surface area contributed by atoms with E-state index in [-0.39, 0.29) is 5.56 Å². The Morgan fingerprint density at radius 2 is 1.85 bits per heavy atom. The Hall–Kier alpha value is -3.05. The van der Waals surface area contributed by atoms with Gasteiger partial charge >= 0.3 is 0 Å². The van der Waals surface area contributed by atoms with Crippen LogP contribution < -0.4 is 10.5 Å². The van der Waals surface area contributed by atoms with Crippen molar-refractivity contribution in [3.63, 3.8) is 0 Å². The van der Waals surface area contributed by atoms with Crippen molar-refractivity contribution in [1.29, 1.82) is 0 Å². The molecular formula is C28H31ClN4O. The summed E-state index contributed by atoms with van der Waals surface area (Å²) in [5, 5.41) is 0.687. The van der Waals surface area contributed by atoms with E-state index in [2.05, 4.69) is 46.7 Å². The number of hydrogen-bond donors (Lipinski definition) is 0. The zero-order valence-corrected chi connectivity index (χ0v) is 20.4. The smallest absolute Gasteiger partial charge is 0.261 e. The van der Waals surface area contributed by atoms with E-state index in [0.717, 1.165) is 62.4 Å². The first kappa shape index (κ1) is 22.7. The summed E-state index contributed by atoms with van der Waals surface area (Å²) in [4.78, 5) is 20.6. The van der Waals surface area contributed by atoms with Crippen LogP contribution in [0.1, 0.15) is 50.5 Å². The predicted molar refractivity (Wildman–Crippen MR) is 140 cm³/mol. The number of piperidine rings is 1. The zero-order chi connectivity index (χ0) is 23.5. The minimum atomic E-state index is -0.0358. The number of aryl methyl sites for hydroxylation is 1. The number of aromatic nitrogens is 3. The van der Waals surface area contributed by atoms with Crippen LogP contribution in [0.15, 0.2) is 71.7 Å². The van der Waals surface area contributed by atoms with E-state index in [1.165, 1.54) is 12.0 Å². The van der Waals surface area contributed by atoms with Crippen molar-refractivity contribution in [2.75, 3.05) is 18.0 Å². The van der Waals surface area contributed by atoms with Gasteiger partial charge in [0.15, 0.2) is 0 Å². The van der Waals surface area contributed by atoms with E-state index in [4.69, 9.17) is 16.6 Å². The first-order valence-electron chi connectivity index (χ1n) is 12.3. The Balaban J connectivity index is 1.56. The van der Waals surface area contributed by atoms with Crippen LogP contribution in [0.4, 0.5) is 5.82 Å². The van der Waals surface area contributed by atoms with Crippen LogP contribution in [0.2, 0.25) is 5.02 Å². The molecule has 1 aliphatic heterocycles. The lowest BCUT2D eigenvalue weighted by Crippen LogP contribution is -2.37. The highest BCUT2D eigenvalue weighted by Gasteiger charge is 2.25. The van der Waals surface area contributed by atoms with Crippen LogP contribution in [-0.4, -0.2) is 27.0 Å². The summed E-state index contributed by atoms with van der Waals surface area (Å²) in [7, 11) is 0. The van der Waals surface area contributed by atoms with E-state index in [1.807, 2.05) is 30.5 Å². The summed E-state index contributed by atoms with van der Waals surface area (Å²) in [6, 6.07) is 20.2. The van der Waals surface area contributed by atoms with Gasteiger partial charge in [0.05, 0.1) is 5.69 Å². The van der Waals surface area contributed by atoms with Gasteiger partial charge in [-0.25, -0.2) is 4.98 Å². The lowest BCUT2D eigenvalue weighted by atomic mass is 9.91. The maximum absolute atomic E-state index is 13.2. The second-order valence-electron chi connectivity index (χ2n) is 9.20. The van der Waals surface area contributed by atoms with Crippen molar-refractivity contribution in [2.24, 2.45) is 0 Å². The minimum absolute atomic E-state index is 0.0358. The summed E-state index contributed by atoms with van der Waals surface area (Å²) >= 11 is 6.08. The third kappa shape index (κ3) is 4.62. The summed E-state index contributed by atoms with van der Waals surface area (Å²) < 4.78 is 3.95. The van der Waals surface area contributed by atoms with Gasteiger partial charge in [-0.05, 0) is 37.0 Å². The number of imidazole rings is 1. The van der Waals surface area contributed by atoms with Crippen molar-refractivity contribution in [3.8, 4) is 11.3 Å². The molecule has 5 rings (SSSR count). The van der Waals surface area contributed by atoms with Gasteiger partial charge in [-0.1, -0.05) is 73.8 Å². The molecule has 0 amide bonds. The molecule has 1 saturated heterocycles. The number of anilines is 1. The fraction of sp³-hybridized carbons (Fsp3) is 0.357. The molecule has 34 heavy (non-hydrogen) atoms. The molecule has 0 unspecified atom stereocenters. The molecule has 1 atom stereocenters. The molecule has 1 fully saturated rings. The number of fused-ring (bicyclic) bond motifs is 1. The molecular weight excluding hydrogens is 444 g/mol. The van der Waals surface area contributed by atoms with E-state index in [9.17, 15) is 4.79 Å². The Morgan fingerprint density at radius 1 is 1.06 bits per heavy atom. The van der Waals surface area contributed by atoms with E-state index in [1.54, 1.807) is 10.5 Å². The Labute approximate surface area is 205 Å². The second-order valence-corrected chi connectivity index (χ2v) is 9.63. The third-order valence-electron chi connectivity index (χ3n) is 6.84. The van der Waals surface area contributed by atoms with Crippen LogP contribution in [0, 0.1) is 0 Å². The lowest BCUT2D eigenvalue weighted by molar-refractivity contribution is 0.494. The number of halogens is 1. The van der Waals surface area contributed by atoms with E-state index in [0.29, 0.717) is 16.7 Å². The van der Waals surface area contributed by atoms with Crippen LogP contribution >= 0.6 is 11.6 Å². The Bertz CT molecular complexity index is 1310. The molecule has 1 aliphatic rings. The minimum Gasteiger partial charge on any atom is -0.357 e. The lowest BCUT2D eigenvalue weighted by Gasteiger charge is -2.36. The van der Waals surface area contributed by atoms with Crippen LogP contribution in [-0.2, 0) is 6.54 Å². The predicted octanol–water partition coefficient (Wildman–Crippen LogP) is 6.39. The molecule has 2 aromatic carbocycles. The Morgan fingerprint density at radius 3 is 2.62 bits per heavy atom. The number of rotatable bonds is 7. The van der Waals surface area contributed by atoms with Crippen LogP contribution in [0.5, 0.6) is 0 Å². The number of benzene rings is 2. The number of hydrogen-bond acceptors (Lipinski definition) is 3. The van der Waals surface area contributed by atoms with Gasteiger partial charge in [0, 0.05) is 48.4 Å². The van der Waals surface area contributed by atoms with Gasteiger partial charge in [-0.3, -0.25) is 13.8 Å². The summed E-state index contributed by atoms with van der Waals surface area (Å²) in [5.41, 5.74) is 3.08. The monoisotopic (exact) mass is 474 g/mol. The highest BCUT2D eigenvalue weighted by atomic mass is 35.5. The SMILES string of the molecule is CCCCCn1c(N2CCC[C@@H](c3ccccc3)C2)cc(=O)n2cc(-c3ccc(Cl)cc3)nc12. The highest BCUT2D eigenvalue weighted by molar-refractivity contribution is 6.30. The normalized spacial score (nSPS) is 16.3. The quantitative estimate of drug-likeness (QED) is 0.291. The van der Waals surface area contributed by atoms with Gasteiger partial charge in [0.2, 0.25) is 5.78 Å². The van der Waals surface area contributed by atoms with Crippen LogP contribution in [0.25, 0.3) is 17.0 Å². The van der Waals surface area contributed by atoms with Crippen molar-refractivity contribution in [1.82, 2.24) is 14.0 Å². The first-order valence-corrected chi connectivity index (χ1v) is 12.7. The van der Waals surface area contributed by atoms with Gasteiger partial charge in [-0.15, -0.1) is 0 Å². The zero-order valence-electron chi connectivity index (χ0n) is 19.7. The van der Waals surface area contributed by atoms with Crippen molar-refractivity contribution >= 4 is 23.2 Å². The molecule has 2 aromatic heterocycles. The van der Waals surface area contributed by atoms with Gasteiger partial charge in [-0.2, -0.15) is 0 Å². The fourth-order valence-electron chi connectivity index (χ4n) is 5.02. The maximum atomic E-state index is 13.2. The topological polar surface area (TPSA) is 42.5 Å². The van der Waals surface area contributed by atoms with Crippen LogP contribution in [0.3, 0.4) is 0 Å². The second kappa shape index (κ2) is 10.1. The largest absolute Gasteiger partial charge is 0.357 e. The van der Waals surface area contributed by atoms with Crippen molar-refractivity contribution < 1.29 is 0 Å². The molecule has 0 spiro atoms. The number of nitrogens with zero attached hydrogens (tertiary/aromatic N) is 4. The van der Waals surface area contributed by atoms with Gasteiger partial charge in [0.1, 0.15) is 5.82 Å². The highest BCUT2D eigenvalue weighted by Crippen LogP contribution is 2.31.